The predicted octanol–water partition coefficient (Wildman–Crippen LogP) is 5.33. The molecule has 3 aromatic rings. The van der Waals surface area contributed by atoms with E-state index in [0.717, 1.165) is 10.5 Å². The van der Waals surface area contributed by atoms with Crippen molar-refractivity contribution in [1.29, 1.82) is 0 Å². The molecule has 3 rings (SSSR count). The quantitative estimate of drug-likeness (QED) is 0.528. The van der Waals surface area contributed by atoms with Gasteiger partial charge in [-0.25, -0.2) is 9.97 Å². The molecular weight excluding hydrogens is 411 g/mol. The number of aromatic nitrogens is 2. The molecule has 0 bridgehead atoms. The molecule has 0 radical (unpaired) electrons. The second-order valence-corrected chi connectivity index (χ2v) is 6.20. The maximum absolute atomic E-state index is 13.1. The van der Waals surface area contributed by atoms with Crippen LogP contribution < -0.4 is 16.4 Å². The molecule has 0 aliphatic heterocycles. The van der Waals surface area contributed by atoms with Gasteiger partial charge in [-0.2, -0.15) is 13.2 Å². The summed E-state index contributed by atoms with van der Waals surface area (Å²) in [5, 5.41) is 5.66. The fourth-order valence-corrected chi connectivity index (χ4v) is 2.66. The van der Waals surface area contributed by atoms with Crippen molar-refractivity contribution in [2.75, 3.05) is 16.4 Å². The third-order valence-electron chi connectivity index (χ3n) is 3.46. The molecule has 0 saturated carbocycles. The zero-order chi connectivity index (χ0) is 18.7. The van der Waals surface area contributed by atoms with Gasteiger partial charge < -0.3 is 16.4 Å². The van der Waals surface area contributed by atoms with Crippen LogP contribution in [0, 0.1) is 0 Å². The first-order valence-corrected chi connectivity index (χ1v) is 8.20. The molecule has 0 fully saturated rings. The number of hydrogen-bond acceptors (Lipinski definition) is 5. The highest BCUT2D eigenvalue weighted by Gasteiger charge is 2.33. The Labute approximate surface area is 155 Å². The number of nitrogens with zero attached hydrogens (tertiary/aromatic N) is 2. The molecule has 2 aromatic carbocycles. The van der Waals surface area contributed by atoms with Crippen LogP contribution in [0.1, 0.15) is 5.56 Å². The first kappa shape index (κ1) is 18.0. The van der Waals surface area contributed by atoms with Crippen LogP contribution in [0.4, 0.5) is 41.9 Å². The van der Waals surface area contributed by atoms with Crippen LogP contribution in [0.15, 0.2) is 59.3 Å². The van der Waals surface area contributed by atoms with Crippen molar-refractivity contribution in [2.24, 2.45) is 0 Å². The van der Waals surface area contributed by atoms with Crippen molar-refractivity contribution in [2.45, 2.75) is 6.18 Å². The lowest BCUT2D eigenvalue weighted by Crippen LogP contribution is -2.10. The zero-order valence-corrected chi connectivity index (χ0v) is 14.8. The molecule has 0 atom stereocenters. The van der Waals surface area contributed by atoms with Gasteiger partial charge in [-0.3, -0.25) is 0 Å². The summed E-state index contributed by atoms with van der Waals surface area (Å²) in [4.78, 5) is 8.00. The summed E-state index contributed by atoms with van der Waals surface area (Å²) < 4.78 is 40.3. The van der Waals surface area contributed by atoms with Crippen LogP contribution in [-0.4, -0.2) is 9.97 Å². The van der Waals surface area contributed by atoms with E-state index in [-0.39, 0.29) is 23.0 Å². The van der Waals surface area contributed by atoms with Crippen LogP contribution in [0.25, 0.3) is 0 Å². The lowest BCUT2D eigenvalue weighted by atomic mass is 10.1. The number of anilines is 5. The van der Waals surface area contributed by atoms with E-state index >= 15 is 0 Å². The van der Waals surface area contributed by atoms with Crippen LogP contribution in [0.5, 0.6) is 0 Å². The first-order chi connectivity index (χ1) is 12.3. The fourth-order valence-electron chi connectivity index (χ4n) is 2.26. The van der Waals surface area contributed by atoms with Crippen molar-refractivity contribution in [1.82, 2.24) is 9.97 Å². The fraction of sp³-hybridized carbons (Fsp3) is 0.0588. The van der Waals surface area contributed by atoms with Crippen molar-refractivity contribution in [3.05, 3.63) is 64.9 Å². The Morgan fingerprint density at radius 1 is 0.923 bits per heavy atom. The third kappa shape index (κ3) is 4.05. The van der Waals surface area contributed by atoms with E-state index in [1.165, 1.54) is 24.5 Å². The van der Waals surface area contributed by atoms with Gasteiger partial charge in [0.2, 0.25) is 0 Å². The minimum absolute atomic E-state index is 0.0780. The maximum atomic E-state index is 13.1. The molecule has 1 heterocycles. The SMILES string of the molecule is Nc1c(Nc2cccc(Br)c2)ncnc1Nc1ccccc1C(F)(F)F. The van der Waals surface area contributed by atoms with Crippen LogP contribution in [0.2, 0.25) is 0 Å². The number of para-hydroxylation sites is 1. The number of benzene rings is 2. The van der Waals surface area contributed by atoms with Crippen molar-refractivity contribution < 1.29 is 13.2 Å². The van der Waals surface area contributed by atoms with Gasteiger partial charge in [0.15, 0.2) is 11.6 Å². The predicted molar refractivity (Wildman–Crippen MR) is 98.6 cm³/mol. The second-order valence-electron chi connectivity index (χ2n) is 5.29. The molecule has 1 aromatic heterocycles. The van der Waals surface area contributed by atoms with Gasteiger partial charge >= 0.3 is 6.18 Å². The summed E-state index contributed by atoms with van der Waals surface area (Å²) in [6.07, 6.45) is -3.28. The lowest BCUT2D eigenvalue weighted by Gasteiger charge is -2.16. The largest absolute Gasteiger partial charge is 0.418 e. The molecule has 0 aliphatic carbocycles. The van der Waals surface area contributed by atoms with E-state index < -0.39 is 11.7 Å². The molecule has 0 aliphatic rings. The highest BCUT2D eigenvalue weighted by molar-refractivity contribution is 9.10. The zero-order valence-electron chi connectivity index (χ0n) is 13.2. The van der Waals surface area contributed by atoms with E-state index in [1.54, 1.807) is 6.07 Å². The standard InChI is InChI=1S/C17H13BrF3N5/c18-10-4-3-5-11(8-10)25-15-14(22)16(24-9-23-15)26-13-7-2-1-6-12(13)17(19,20)21/h1-9H,22H2,(H2,23,24,25,26). The molecule has 134 valence electrons. The molecule has 26 heavy (non-hydrogen) atoms. The monoisotopic (exact) mass is 423 g/mol. The molecule has 5 nitrogen and oxygen atoms in total. The lowest BCUT2D eigenvalue weighted by molar-refractivity contribution is -0.136. The maximum Gasteiger partial charge on any atom is 0.418 e. The van der Waals surface area contributed by atoms with Gasteiger partial charge in [0.05, 0.1) is 11.3 Å². The van der Waals surface area contributed by atoms with Crippen molar-refractivity contribution >= 4 is 44.6 Å². The number of nitrogen functional groups attached to an aromatic ring is 1. The molecule has 9 heteroatoms. The van der Waals surface area contributed by atoms with E-state index in [4.69, 9.17) is 5.73 Å². The summed E-state index contributed by atoms with van der Waals surface area (Å²) in [5.41, 5.74) is 5.90. The highest BCUT2D eigenvalue weighted by atomic mass is 79.9. The normalized spacial score (nSPS) is 11.2. The van der Waals surface area contributed by atoms with Gasteiger partial charge in [0, 0.05) is 10.2 Å². The summed E-state index contributed by atoms with van der Waals surface area (Å²) in [6, 6.07) is 12.4. The van der Waals surface area contributed by atoms with Gasteiger partial charge in [-0.15, -0.1) is 0 Å². The van der Waals surface area contributed by atoms with Crippen molar-refractivity contribution in [3.63, 3.8) is 0 Å². The average Bonchev–Trinajstić information content (AvgIpc) is 2.58. The summed E-state index contributed by atoms with van der Waals surface area (Å²) in [5.74, 6) is 0.360. The van der Waals surface area contributed by atoms with Crippen molar-refractivity contribution in [3.8, 4) is 0 Å². The number of nitrogens with two attached hydrogens (primary N) is 1. The van der Waals surface area contributed by atoms with Gasteiger partial charge in [0.25, 0.3) is 0 Å². The first-order valence-electron chi connectivity index (χ1n) is 7.41. The minimum Gasteiger partial charge on any atom is -0.393 e. The molecule has 0 spiro atoms. The van der Waals surface area contributed by atoms with Gasteiger partial charge in [-0.05, 0) is 30.3 Å². The van der Waals surface area contributed by atoms with E-state index in [9.17, 15) is 13.2 Å². The average molecular weight is 424 g/mol. The number of halogens is 4. The molecule has 0 saturated heterocycles. The van der Waals surface area contributed by atoms with Gasteiger partial charge in [0.1, 0.15) is 12.0 Å². The molecule has 0 unspecified atom stereocenters. The van der Waals surface area contributed by atoms with Gasteiger partial charge in [-0.1, -0.05) is 34.1 Å². The summed E-state index contributed by atoms with van der Waals surface area (Å²) in [7, 11) is 0. The molecular formula is C17H13BrF3N5. The number of hydrogen-bond donors (Lipinski definition) is 3. The van der Waals surface area contributed by atoms with Crippen LogP contribution in [0.3, 0.4) is 0 Å². The number of rotatable bonds is 4. The Bertz CT molecular complexity index is 930. The third-order valence-corrected chi connectivity index (χ3v) is 3.95. The summed E-state index contributed by atoms with van der Waals surface area (Å²) in [6.45, 7) is 0. The highest BCUT2D eigenvalue weighted by Crippen LogP contribution is 2.37. The van der Waals surface area contributed by atoms with Crippen LogP contribution >= 0.6 is 15.9 Å². The Kier molecular flexibility index (Phi) is 4.99. The van der Waals surface area contributed by atoms with Crippen LogP contribution in [-0.2, 0) is 6.18 Å². The molecule has 0 amide bonds. The van der Waals surface area contributed by atoms with E-state index in [1.807, 2.05) is 18.2 Å². The van der Waals surface area contributed by atoms with E-state index in [2.05, 4.69) is 36.5 Å². The number of nitrogens with one attached hydrogen (secondary N) is 2. The Hall–Kier alpha value is -2.81. The van der Waals surface area contributed by atoms with E-state index in [0.29, 0.717) is 5.69 Å². The minimum atomic E-state index is -4.50. The smallest absolute Gasteiger partial charge is 0.393 e. The Morgan fingerprint density at radius 3 is 2.31 bits per heavy atom. The summed E-state index contributed by atoms with van der Waals surface area (Å²) >= 11 is 3.36. The second kappa shape index (κ2) is 7.20. The molecule has 4 N–H and O–H groups in total. The number of alkyl halides is 3. The Balaban J connectivity index is 1.91. The topological polar surface area (TPSA) is 75.9 Å². The Morgan fingerprint density at radius 2 is 1.62 bits per heavy atom.